The Balaban J connectivity index is 1.35. The number of benzene rings is 3. The van der Waals surface area contributed by atoms with Crippen LogP contribution >= 0.6 is 0 Å². The molecule has 3 aromatic carbocycles. The third-order valence-electron chi connectivity index (χ3n) is 6.58. The number of primary amides is 1. The maximum absolute atomic E-state index is 13.2. The zero-order valence-corrected chi connectivity index (χ0v) is 21.0. The minimum atomic E-state index is -0.548. The number of amides is 3. The molecule has 0 unspecified atom stereocenters. The molecule has 4 rings (SSSR count). The van der Waals surface area contributed by atoms with Crippen LogP contribution in [0, 0.1) is 12.8 Å². The Morgan fingerprint density at radius 2 is 1.73 bits per heavy atom. The molecule has 3 amide bonds. The van der Waals surface area contributed by atoms with Crippen molar-refractivity contribution in [2.75, 3.05) is 25.5 Å². The Labute approximate surface area is 216 Å². The summed E-state index contributed by atoms with van der Waals surface area (Å²) in [6, 6.07) is 20.0. The molecule has 1 aliphatic heterocycles. The van der Waals surface area contributed by atoms with Gasteiger partial charge in [0.15, 0.2) is 0 Å². The number of carbonyl (C=O) groups excluding carboxylic acids is 3. The lowest BCUT2D eigenvalue weighted by atomic mass is 9.95. The first kappa shape index (κ1) is 25.8. The number of hydrogen-bond acceptors (Lipinski definition) is 5. The highest BCUT2D eigenvalue weighted by Gasteiger charge is 2.29. The summed E-state index contributed by atoms with van der Waals surface area (Å²) in [7, 11) is 1.53. The van der Waals surface area contributed by atoms with E-state index in [2.05, 4.69) is 5.32 Å². The summed E-state index contributed by atoms with van der Waals surface area (Å²) in [6.07, 6.45) is 1.07. The molecule has 0 bridgehead atoms. The van der Waals surface area contributed by atoms with Crippen LogP contribution in [0.4, 0.5) is 5.69 Å². The highest BCUT2D eigenvalue weighted by Crippen LogP contribution is 2.29. The van der Waals surface area contributed by atoms with Crippen molar-refractivity contribution in [1.82, 2.24) is 4.90 Å². The number of aryl methyl sites for hydroxylation is 1. The summed E-state index contributed by atoms with van der Waals surface area (Å²) in [4.78, 5) is 39.4. The smallest absolute Gasteiger partial charge is 0.257 e. The number of nitrogens with zero attached hydrogens (tertiary/aromatic N) is 1. The largest absolute Gasteiger partial charge is 0.496 e. The van der Waals surface area contributed by atoms with Crippen molar-refractivity contribution in [1.29, 1.82) is 0 Å². The standard InChI is InChI=1S/C29H31N3O5/c1-19-8-9-22(27(30)33)16-25(19)31-28(34)21-12-14-32(15-13-21)29(35)24-11-10-23(17-26(24)36-2)37-18-20-6-4-3-5-7-20/h3-11,16-17,21H,12-15,18H2,1-2H3,(H2,30,33)(H,31,34). The second-order valence-electron chi connectivity index (χ2n) is 9.09. The monoisotopic (exact) mass is 501 g/mol. The first-order valence-electron chi connectivity index (χ1n) is 12.2. The van der Waals surface area contributed by atoms with Gasteiger partial charge in [-0.1, -0.05) is 36.4 Å². The Morgan fingerprint density at radius 3 is 2.41 bits per heavy atom. The molecule has 0 atom stereocenters. The van der Waals surface area contributed by atoms with Gasteiger partial charge in [-0.2, -0.15) is 0 Å². The number of methoxy groups -OCH3 is 1. The molecule has 0 spiro atoms. The van der Waals surface area contributed by atoms with E-state index < -0.39 is 5.91 Å². The van der Waals surface area contributed by atoms with E-state index in [-0.39, 0.29) is 17.7 Å². The van der Waals surface area contributed by atoms with Gasteiger partial charge in [0, 0.05) is 36.3 Å². The highest BCUT2D eigenvalue weighted by atomic mass is 16.5. The number of ether oxygens (including phenoxy) is 2. The van der Waals surface area contributed by atoms with E-state index >= 15 is 0 Å². The minimum absolute atomic E-state index is 0.130. The molecular formula is C29H31N3O5. The fourth-order valence-corrected chi connectivity index (χ4v) is 4.34. The quantitative estimate of drug-likeness (QED) is 0.481. The van der Waals surface area contributed by atoms with Gasteiger partial charge in [-0.25, -0.2) is 0 Å². The van der Waals surface area contributed by atoms with E-state index in [9.17, 15) is 14.4 Å². The molecule has 3 N–H and O–H groups in total. The van der Waals surface area contributed by atoms with Gasteiger partial charge in [0.1, 0.15) is 18.1 Å². The topological polar surface area (TPSA) is 111 Å². The van der Waals surface area contributed by atoms with Crippen molar-refractivity contribution >= 4 is 23.4 Å². The van der Waals surface area contributed by atoms with Crippen LogP contribution in [-0.4, -0.2) is 42.8 Å². The third-order valence-corrected chi connectivity index (χ3v) is 6.58. The summed E-state index contributed by atoms with van der Waals surface area (Å²) >= 11 is 0. The van der Waals surface area contributed by atoms with E-state index in [1.807, 2.05) is 37.3 Å². The number of anilines is 1. The number of likely N-dealkylation sites (tertiary alicyclic amines) is 1. The second kappa shape index (κ2) is 11.6. The van der Waals surface area contributed by atoms with E-state index in [4.69, 9.17) is 15.2 Å². The van der Waals surface area contributed by atoms with Crippen molar-refractivity contribution in [3.05, 3.63) is 89.0 Å². The number of rotatable bonds is 8. The molecule has 1 fully saturated rings. The van der Waals surface area contributed by atoms with Gasteiger partial charge < -0.3 is 25.4 Å². The molecule has 0 radical (unpaired) electrons. The van der Waals surface area contributed by atoms with Crippen LogP contribution in [0.1, 0.15) is 44.7 Å². The van der Waals surface area contributed by atoms with Crippen molar-refractivity contribution in [3.8, 4) is 11.5 Å². The van der Waals surface area contributed by atoms with Crippen molar-refractivity contribution in [3.63, 3.8) is 0 Å². The maximum Gasteiger partial charge on any atom is 0.257 e. The van der Waals surface area contributed by atoms with Gasteiger partial charge >= 0.3 is 0 Å². The average molecular weight is 502 g/mol. The van der Waals surface area contributed by atoms with E-state index in [0.29, 0.717) is 60.9 Å². The van der Waals surface area contributed by atoms with Crippen LogP contribution in [0.15, 0.2) is 66.7 Å². The zero-order chi connectivity index (χ0) is 26.4. The van der Waals surface area contributed by atoms with Crippen LogP contribution in [0.3, 0.4) is 0 Å². The van der Waals surface area contributed by atoms with Crippen LogP contribution < -0.4 is 20.5 Å². The van der Waals surface area contributed by atoms with Gasteiger partial charge in [-0.15, -0.1) is 0 Å². The summed E-state index contributed by atoms with van der Waals surface area (Å²) in [5.41, 5.74) is 8.61. The van der Waals surface area contributed by atoms with E-state index in [1.165, 1.54) is 7.11 Å². The first-order chi connectivity index (χ1) is 17.9. The lowest BCUT2D eigenvalue weighted by Crippen LogP contribution is -2.41. The fraction of sp³-hybridized carbons (Fsp3) is 0.276. The molecule has 1 saturated heterocycles. The fourth-order valence-electron chi connectivity index (χ4n) is 4.34. The van der Waals surface area contributed by atoms with Crippen molar-refractivity contribution in [2.24, 2.45) is 11.7 Å². The van der Waals surface area contributed by atoms with Crippen molar-refractivity contribution in [2.45, 2.75) is 26.4 Å². The SMILES string of the molecule is COc1cc(OCc2ccccc2)ccc1C(=O)N1CCC(C(=O)Nc2cc(C(N)=O)ccc2C)CC1. The first-order valence-corrected chi connectivity index (χ1v) is 12.2. The maximum atomic E-state index is 13.2. The third kappa shape index (κ3) is 6.27. The van der Waals surface area contributed by atoms with Crippen molar-refractivity contribution < 1.29 is 23.9 Å². The Kier molecular flexibility index (Phi) is 8.08. The van der Waals surface area contributed by atoms with Gasteiger partial charge in [-0.3, -0.25) is 14.4 Å². The predicted molar refractivity (Wildman–Crippen MR) is 141 cm³/mol. The number of hydrogen-bond donors (Lipinski definition) is 2. The summed E-state index contributed by atoms with van der Waals surface area (Å²) < 4.78 is 11.3. The Bertz CT molecular complexity index is 1280. The van der Waals surface area contributed by atoms with E-state index in [0.717, 1.165) is 11.1 Å². The van der Waals surface area contributed by atoms with Crippen LogP contribution in [0.2, 0.25) is 0 Å². The molecule has 8 heteroatoms. The van der Waals surface area contributed by atoms with Gasteiger partial charge in [0.2, 0.25) is 11.8 Å². The number of piperidine rings is 1. The lowest BCUT2D eigenvalue weighted by Gasteiger charge is -2.32. The van der Waals surface area contributed by atoms with Crippen LogP contribution in [0.25, 0.3) is 0 Å². The van der Waals surface area contributed by atoms with Gasteiger partial charge in [0.05, 0.1) is 12.7 Å². The molecular weight excluding hydrogens is 470 g/mol. The van der Waals surface area contributed by atoms with Crippen LogP contribution in [-0.2, 0) is 11.4 Å². The Hall–Kier alpha value is -4.33. The second-order valence-corrected chi connectivity index (χ2v) is 9.09. The number of carbonyl (C=O) groups is 3. The number of nitrogens with one attached hydrogen (secondary N) is 1. The summed E-state index contributed by atoms with van der Waals surface area (Å²) in [5, 5.41) is 2.92. The normalized spacial score (nSPS) is 13.6. The average Bonchev–Trinajstić information content (AvgIpc) is 2.93. The Morgan fingerprint density at radius 1 is 1.00 bits per heavy atom. The number of nitrogens with two attached hydrogens (primary N) is 1. The molecule has 0 aromatic heterocycles. The molecule has 37 heavy (non-hydrogen) atoms. The molecule has 8 nitrogen and oxygen atoms in total. The molecule has 1 heterocycles. The predicted octanol–water partition coefficient (Wildman–Crippen LogP) is 4.17. The summed E-state index contributed by atoms with van der Waals surface area (Å²) in [5.74, 6) is -0.00177. The zero-order valence-electron chi connectivity index (χ0n) is 21.0. The minimum Gasteiger partial charge on any atom is -0.496 e. The molecule has 0 saturated carbocycles. The molecule has 192 valence electrons. The van der Waals surface area contributed by atoms with E-state index in [1.54, 1.807) is 41.3 Å². The summed E-state index contributed by atoms with van der Waals surface area (Å²) in [6.45, 7) is 3.17. The molecule has 0 aliphatic carbocycles. The van der Waals surface area contributed by atoms with Gasteiger partial charge in [0.25, 0.3) is 5.91 Å². The highest BCUT2D eigenvalue weighted by molar-refractivity contribution is 5.99. The lowest BCUT2D eigenvalue weighted by molar-refractivity contribution is -0.121. The molecule has 3 aromatic rings. The molecule has 1 aliphatic rings. The van der Waals surface area contributed by atoms with Crippen LogP contribution in [0.5, 0.6) is 11.5 Å². The van der Waals surface area contributed by atoms with Gasteiger partial charge in [-0.05, 0) is 55.2 Å².